The maximum Gasteiger partial charge on any atom is 0.244 e. The fourth-order valence-electron chi connectivity index (χ4n) is 5.10. The minimum Gasteiger partial charge on any atom is -0.352 e. The van der Waals surface area contributed by atoms with E-state index < -0.39 is 28.5 Å². The van der Waals surface area contributed by atoms with E-state index in [1.807, 2.05) is 73.7 Å². The van der Waals surface area contributed by atoms with Crippen LogP contribution < -0.4 is 9.62 Å². The van der Waals surface area contributed by atoms with Gasteiger partial charge in [-0.1, -0.05) is 85.6 Å². The van der Waals surface area contributed by atoms with Crippen LogP contribution in [-0.4, -0.2) is 50.0 Å². The molecule has 0 saturated heterocycles. The van der Waals surface area contributed by atoms with Crippen LogP contribution in [0.4, 0.5) is 5.69 Å². The summed E-state index contributed by atoms with van der Waals surface area (Å²) in [6, 6.07) is 25.4. The van der Waals surface area contributed by atoms with Crippen LogP contribution in [0.3, 0.4) is 0 Å². The lowest BCUT2D eigenvalue weighted by molar-refractivity contribution is -0.140. The number of amides is 2. The van der Waals surface area contributed by atoms with E-state index in [1.165, 1.54) is 0 Å². The van der Waals surface area contributed by atoms with Gasteiger partial charge in [-0.05, 0) is 48.6 Å². The van der Waals surface area contributed by atoms with Crippen LogP contribution in [0, 0.1) is 6.92 Å². The first-order chi connectivity index (χ1) is 18.7. The van der Waals surface area contributed by atoms with Crippen LogP contribution in [0.25, 0.3) is 0 Å². The van der Waals surface area contributed by atoms with Crippen LogP contribution in [0.1, 0.15) is 42.4 Å². The molecule has 4 rings (SSSR count). The van der Waals surface area contributed by atoms with Gasteiger partial charge in [0, 0.05) is 19.0 Å². The van der Waals surface area contributed by atoms with Crippen LogP contribution >= 0.6 is 0 Å². The quantitative estimate of drug-likeness (QED) is 0.384. The minimum atomic E-state index is -3.77. The van der Waals surface area contributed by atoms with Crippen molar-refractivity contribution in [3.8, 4) is 0 Å². The Morgan fingerprint density at radius 1 is 0.897 bits per heavy atom. The van der Waals surface area contributed by atoms with Gasteiger partial charge in [-0.25, -0.2) is 8.42 Å². The molecule has 1 fully saturated rings. The smallest absolute Gasteiger partial charge is 0.244 e. The van der Waals surface area contributed by atoms with Crippen molar-refractivity contribution >= 4 is 27.5 Å². The largest absolute Gasteiger partial charge is 0.352 e. The molecule has 1 aliphatic rings. The molecule has 2 amide bonds. The second-order valence-corrected chi connectivity index (χ2v) is 12.2. The van der Waals surface area contributed by atoms with E-state index in [-0.39, 0.29) is 18.5 Å². The van der Waals surface area contributed by atoms with Gasteiger partial charge in [0.2, 0.25) is 21.8 Å². The lowest BCUT2D eigenvalue weighted by Crippen LogP contribution is -2.54. The van der Waals surface area contributed by atoms with E-state index in [4.69, 9.17) is 0 Å². The monoisotopic (exact) mass is 547 g/mol. The molecule has 1 N–H and O–H groups in total. The summed E-state index contributed by atoms with van der Waals surface area (Å²) in [5, 5.41) is 3.18. The average Bonchev–Trinajstić information content (AvgIpc) is 3.42. The van der Waals surface area contributed by atoms with Crippen LogP contribution in [-0.2, 0) is 32.6 Å². The number of hydrogen-bond donors (Lipinski definition) is 1. The van der Waals surface area contributed by atoms with Crippen molar-refractivity contribution in [1.82, 2.24) is 10.2 Å². The van der Waals surface area contributed by atoms with E-state index in [0.29, 0.717) is 12.1 Å². The number of nitrogens with zero attached hydrogens (tertiary/aromatic N) is 2. The first-order valence-corrected chi connectivity index (χ1v) is 15.3. The Bertz CT molecular complexity index is 1360. The van der Waals surface area contributed by atoms with Crippen molar-refractivity contribution in [2.75, 3.05) is 17.1 Å². The third kappa shape index (κ3) is 7.93. The van der Waals surface area contributed by atoms with Crippen molar-refractivity contribution in [3.63, 3.8) is 0 Å². The molecular weight excluding hydrogens is 510 g/mol. The Hall–Kier alpha value is -3.65. The second-order valence-electron chi connectivity index (χ2n) is 10.3. The number of carbonyl (C=O) groups excluding carboxylic acids is 2. The number of hydrogen-bond acceptors (Lipinski definition) is 4. The zero-order chi connectivity index (χ0) is 27.8. The van der Waals surface area contributed by atoms with Gasteiger partial charge in [-0.2, -0.15) is 0 Å². The number of nitrogens with one attached hydrogen (secondary N) is 1. The highest BCUT2D eigenvalue weighted by molar-refractivity contribution is 7.92. The lowest BCUT2D eigenvalue weighted by Gasteiger charge is -2.34. The number of rotatable bonds is 11. The van der Waals surface area contributed by atoms with E-state index in [1.54, 1.807) is 23.1 Å². The molecule has 1 atom stereocenters. The standard InChI is InChI=1S/C31H37N3O4S/c1-24-12-11-19-28(20-24)34(39(2,37)38)23-30(35)33(22-26-15-7-4-8-16-26)29(21-25-13-5-3-6-14-25)31(36)32-27-17-9-10-18-27/h3-8,11-16,19-20,27,29H,9-10,17-18,21-23H2,1-2H3,(H,32,36). The highest BCUT2D eigenvalue weighted by atomic mass is 32.2. The summed E-state index contributed by atoms with van der Waals surface area (Å²) in [5.41, 5.74) is 3.08. The maximum atomic E-state index is 14.1. The van der Waals surface area contributed by atoms with Crippen molar-refractivity contribution in [3.05, 3.63) is 102 Å². The molecule has 3 aromatic carbocycles. The molecular formula is C31H37N3O4S. The highest BCUT2D eigenvalue weighted by Gasteiger charge is 2.34. The minimum absolute atomic E-state index is 0.0873. The SMILES string of the molecule is Cc1cccc(N(CC(=O)N(Cc2ccccc2)C(Cc2ccccc2)C(=O)NC2CCCC2)S(C)(=O)=O)c1. The summed E-state index contributed by atoms with van der Waals surface area (Å²) in [6.45, 7) is 1.65. The molecule has 8 heteroatoms. The Kier molecular flexibility index (Phi) is 9.41. The zero-order valence-electron chi connectivity index (χ0n) is 22.6. The third-order valence-corrected chi connectivity index (χ3v) is 8.28. The Morgan fingerprint density at radius 2 is 1.51 bits per heavy atom. The predicted molar refractivity (Wildman–Crippen MR) is 155 cm³/mol. The molecule has 1 saturated carbocycles. The summed E-state index contributed by atoms with van der Waals surface area (Å²) < 4.78 is 26.8. The van der Waals surface area contributed by atoms with Crippen molar-refractivity contribution in [2.24, 2.45) is 0 Å². The molecule has 7 nitrogen and oxygen atoms in total. The summed E-state index contributed by atoms with van der Waals surface area (Å²) in [7, 11) is -3.77. The third-order valence-electron chi connectivity index (χ3n) is 7.14. The van der Waals surface area contributed by atoms with Gasteiger partial charge in [-0.3, -0.25) is 13.9 Å². The van der Waals surface area contributed by atoms with Gasteiger partial charge in [0.05, 0.1) is 11.9 Å². The van der Waals surface area contributed by atoms with Crippen molar-refractivity contribution in [1.29, 1.82) is 0 Å². The number of benzene rings is 3. The van der Waals surface area contributed by atoms with E-state index in [2.05, 4.69) is 5.32 Å². The van der Waals surface area contributed by atoms with Crippen LogP contribution in [0.5, 0.6) is 0 Å². The van der Waals surface area contributed by atoms with Gasteiger partial charge < -0.3 is 10.2 Å². The van der Waals surface area contributed by atoms with Gasteiger partial charge >= 0.3 is 0 Å². The molecule has 39 heavy (non-hydrogen) atoms. The molecule has 0 spiro atoms. The van der Waals surface area contributed by atoms with Gasteiger partial charge in [0.1, 0.15) is 12.6 Å². The predicted octanol–water partition coefficient (Wildman–Crippen LogP) is 4.46. The fraction of sp³-hybridized carbons (Fsp3) is 0.355. The lowest BCUT2D eigenvalue weighted by atomic mass is 10.0. The maximum absolute atomic E-state index is 14.1. The topological polar surface area (TPSA) is 86.8 Å². The van der Waals surface area contributed by atoms with Gasteiger partial charge in [0.25, 0.3) is 0 Å². The molecule has 1 unspecified atom stereocenters. The molecule has 3 aromatic rings. The summed E-state index contributed by atoms with van der Waals surface area (Å²) >= 11 is 0. The second kappa shape index (κ2) is 12.9. The first-order valence-electron chi connectivity index (χ1n) is 13.4. The molecule has 0 aromatic heterocycles. The summed E-state index contributed by atoms with van der Waals surface area (Å²) in [4.78, 5) is 29.4. The molecule has 0 heterocycles. The van der Waals surface area contributed by atoms with E-state index in [9.17, 15) is 18.0 Å². The first kappa shape index (κ1) is 28.4. The van der Waals surface area contributed by atoms with Gasteiger partial charge in [0.15, 0.2) is 0 Å². The molecule has 0 bridgehead atoms. The molecule has 206 valence electrons. The number of aryl methyl sites for hydroxylation is 1. The summed E-state index contributed by atoms with van der Waals surface area (Å²) in [5.74, 6) is -0.648. The average molecular weight is 548 g/mol. The van der Waals surface area contributed by atoms with Crippen molar-refractivity contribution < 1.29 is 18.0 Å². The molecule has 0 aliphatic heterocycles. The Labute approximate surface area is 231 Å². The fourth-order valence-corrected chi connectivity index (χ4v) is 5.94. The van der Waals surface area contributed by atoms with Gasteiger partial charge in [-0.15, -0.1) is 0 Å². The zero-order valence-corrected chi connectivity index (χ0v) is 23.4. The number of carbonyl (C=O) groups is 2. The Balaban J connectivity index is 1.70. The van der Waals surface area contributed by atoms with Crippen LogP contribution in [0.15, 0.2) is 84.9 Å². The highest BCUT2D eigenvalue weighted by Crippen LogP contribution is 2.22. The number of anilines is 1. The van der Waals surface area contributed by atoms with E-state index >= 15 is 0 Å². The van der Waals surface area contributed by atoms with Crippen LogP contribution in [0.2, 0.25) is 0 Å². The molecule has 0 radical (unpaired) electrons. The number of sulfonamides is 1. The van der Waals surface area contributed by atoms with Crippen molar-refractivity contribution in [2.45, 2.75) is 57.7 Å². The Morgan fingerprint density at radius 3 is 2.10 bits per heavy atom. The molecule has 1 aliphatic carbocycles. The summed E-state index contributed by atoms with van der Waals surface area (Å²) in [6.07, 6.45) is 5.40. The normalized spacial score (nSPS) is 14.5. The van der Waals surface area contributed by atoms with E-state index in [0.717, 1.165) is 52.9 Å².